The molecule has 0 aromatic carbocycles. The molecule has 6 heteroatoms. The van der Waals surface area contributed by atoms with E-state index in [1.807, 2.05) is 0 Å². The van der Waals surface area contributed by atoms with Gasteiger partial charge in [-0.25, -0.2) is 8.42 Å². The van der Waals surface area contributed by atoms with Gasteiger partial charge in [-0.2, -0.15) is 0 Å². The number of sulfone groups is 1. The zero-order valence-electron chi connectivity index (χ0n) is 7.20. The topological polar surface area (TPSA) is 103 Å². The molecule has 0 bridgehead atoms. The number of carbonyl (C=O) groups is 1. The van der Waals surface area contributed by atoms with E-state index in [0.29, 0.717) is 0 Å². The lowest BCUT2D eigenvalue weighted by atomic mass is 10.1. The maximum absolute atomic E-state index is 11.1. The molecule has 12 heavy (non-hydrogen) atoms. The highest BCUT2D eigenvalue weighted by Crippen LogP contribution is 2.18. The van der Waals surface area contributed by atoms with Crippen molar-refractivity contribution in [2.75, 3.05) is 12.8 Å². The first-order chi connectivity index (χ1) is 5.23. The fourth-order valence-corrected chi connectivity index (χ4v) is 1.43. The van der Waals surface area contributed by atoms with Gasteiger partial charge in [0.2, 0.25) is 5.91 Å². The largest absolute Gasteiger partial charge is 0.370 e. The van der Waals surface area contributed by atoms with E-state index in [0.717, 1.165) is 6.26 Å². The summed E-state index contributed by atoms with van der Waals surface area (Å²) in [5.41, 5.74) is 10.1. The van der Waals surface area contributed by atoms with Gasteiger partial charge in [0.15, 0.2) is 9.84 Å². The van der Waals surface area contributed by atoms with Crippen LogP contribution in [0, 0.1) is 0 Å². The number of hydrogen-bond acceptors (Lipinski definition) is 4. The van der Waals surface area contributed by atoms with Crippen molar-refractivity contribution in [1.82, 2.24) is 0 Å². The third-order valence-corrected chi connectivity index (χ3v) is 3.98. The second-order valence-electron chi connectivity index (χ2n) is 3.07. The fraction of sp³-hybridized carbons (Fsp3) is 0.833. The highest BCUT2D eigenvalue weighted by molar-refractivity contribution is 7.92. The molecule has 72 valence electrons. The van der Waals surface area contributed by atoms with Crippen molar-refractivity contribution in [3.63, 3.8) is 0 Å². The molecule has 1 amide bonds. The molecule has 0 saturated heterocycles. The Bertz CT molecular complexity index is 273. The van der Waals surface area contributed by atoms with Crippen molar-refractivity contribution in [1.29, 1.82) is 0 Å². The quantitative estimate of drug-likeness (QED) is 0.575. The lowest BCUT2D eigenvalue weighted by Gasteiger charge is -2.23. The van der Waals surface area contributed by atoms with Crippen molar-refractivity contribution in [3.8, 4) is 0 Å². The Hall–Kier alpha value is -0.620. The summed E-state index contributed by atoms with van der Waals surface area (Å²) in [5.74, 6) is -0.659. The monoisotopic (exact) mass is 194 g/mol. The summed E-state index contributed by atoms with van der Waals surface area (Å²) in [6.45, 7) is 1.31. The Balaban J connectivity index is 4.82. The summed E-state index contributed by atoms with van der Waals surface area (Å²) in [6, 6.07) is 0. The number of hydrogen-bond donors (Lipinski definition) is 2. The minimum atomic E-state index is -3.34. The third-order valence-electron chi connectivity index (χ3n) is 1.88. The molecule has 5 nitrogen and oxygen atoms in total. The molecule has 0 heterocycles. The van der Waals surface area contributed by atoms with Crippen molar-refractivity contribution in [2.24, 2.45) is 11.5 Å². The van der Waals surface area contributed by atoms with E-state index in [9.17, 15) is 13.2 Å². The number of carbonyl (C=O) groups excluding carboxylic acids is 1. The van der Waals surface area contributed by atoms with Gasteiger partial charge in [0, 0.05) is 19.2 Å². The van der Waals surface area contributed by atoms with E-state index in [1.54, 1.807) is 0 Å². The molecule has 0 aliphatic carbocycles. The predicted molar refractivity (Wildman–Crippen MR) is 46.1 cm³/mol. The standard InChI is InChI=1S/C6H14N2O3S/c1-6(4-7,3-5(8)9)12(2,10)11/h3-4,7H2,1-2H3,(H2,8,9)/t6-/m0/s1. The Labute approximate surface area is 72.0 Å². The smallest absolute Gasteiger partial charge is 0.219 e. The second kappa shape index (κ2) is 3.40. The molecule has 1 atom stereocenters. The maximum atomic E-state index is 11.1. The van der Waals surface area contributed by atoms with Gasteiger partial charge in [0.25, 0.3) is 0 Å². The zero-order chi connectivity index (χ0) is 9.99. The van der Waals surface area contributed by atoms with E-state index in [2.05, 4.69) is 0 Å². The van der Waals surface area contributed by atoms with Crippen molar-refractivity contribution < 1.29 is 13.2 Å². The fourth-order valence-electron chi connectivity index (χ4n) is 0.723. The molecule has 0 rings (SSSR count). The Morgan fingerprint density at radius 2 is 1.92 bits per heavy atom. The summed E-state index contributed by atoms with van der Waals surface area (Å²) >= 11 is 0. The summed E-state index contributed by atoms with van der Waals surface area (Å²) in [6.07, 6.45) is 0.811. The van der Waals surface area contributed by atoms with E-state index >= 15 is 0 Å². The van der Waals surface area contributed by atoms with Crippen LogP contribution < -0.4 is 11.5 Å². The van der Waals surface area contributed by atoms with E-state index in [-0.39, 0.29) is 13.0 Å². The number of nitrogens with two attached hydrogens (primary N) is 2. The number of primary amides is 1. The molecular weight excluding hydrogens is 180 g/mol. The second-order valence-corrected chi connectivity index (χ2v) is 5.60. The van der Waals surface area contributed by atoms with E-state index < -0.39 is 20.5 Å². The number of amides is 1. The maximum Gasteiger partial charge on any atom is 0.219 e. The first kappa shape index (κ1) is 11.4. The van der Waals surface area contributed by atoms with Gasteiger partial charge in [-0.05, 0) is 6.92 Å². The average Bonchev–Trinajstić information content (AvgIpc) is 1.83. The lowest BCUT2D eigenvalue weighted by Crippen LogP contribution is -2.45. The highest BCUT2D eigenvalue weighted by Gasteiger charge is 2.35. The summed E-state index contributed by atoms with van der Waals surface area (Å²) in [7, 11) is -3.34. The average molecular weight is 194 g/mol. The molecule has 0 aliphatic heterocycles. The SMILES string of the molecule is C[C@@](CN)(CC(N)=O)S(C)(=O)=O. The molecule has 0 aromatic rings. The molecule has 0 saturated carbocycles. The van der Waals surface area contributed by atoms with Crippen LogP contribution >= 0.6 is 0 Å². The molecule has 0 fully saturated rings. The first-order valence-electron chi connectivity index (χ1n) is 3.41. The molecule has 0 aromatic heterocycles. The van der Waals surface area contributed by atoms with Gasteiger partial charge < -0.3 is 11.5 Å². The molecular formula is C6H14N2O3S. The van der Waals surface area contributed by atoms with Crippen molar-refractivity contribution in [3.05, 3.63) is 0 Å². The molecule has 4 N–H and O–H groups in total. The van der Waals surface area contributed by atoms with Crippen LogP contribution in [-0.4, -0.2) is 31.9 Å². The van der Waals surface area contributed by atoms with Gasteiger partial charge in [-0.15, -0.1) is 0 Å². The van der Waals surface area contributed by atoms with Gasteiger partial charge in [0.1, 0.15) is 0 Å². The first-order valence-corrected chi connectivity index (χ1v) is 5.30. The Morgan fingerprint density at radius 3 is 2.00 bits per heavy atom. The Kier molecular flexibility index (Phi) is 3.23. The minimum Gasteiger partial charge on any atom is -0.370 e. The van der Waals surface area contributed by atoms with Crippen molar-refractivity contribution >= 4 is 15.7 Å². The van der Waals surface area contributed by atoms with Gasteiger partial charge >= 0.3 is 0 Å². The third kappa shape index (κ3) is 2.46. The van der Waals surface area contributed by atoms with Crippen LogP contribution in [0.2, 0.25) is 0 Å². The molecule has 0 aliphatic rings. The zero-order valence-corrected chi connectivity index (χ0v) is 8.02. The molecule has 0 radical (unpaired) electrons. The van der Waals surface area contributed by atoms with E-state index in [4.69, 9.17) is 11.5 Å². The van der Waals surface area contributed by atoms with Gasteiger partial charge in [-0.3, -0.25) is 4.79 Å². The molecule has 0 spiro atoms. The van der Waals surface area contributed by atoms with Gasteiger partial charge in [-0.1, -0.05) is 0 Å². The Morgan fingerprint density at radius 1 is 1.50 bits per heavy atom. The van der Waals surface area contributed by atoms with Crippen LogP contribution in [0.3, 0.4) is 0 Å². The van der Waals surface area contributed by atoms with Crippen LogP contribution in [0.15, 0.2) is 0 Å². The van der Waals surface area contributed by atoms with Crippen LogP contribution in [-0.2, 0) is 14.6 Å². The lowest BCUT2D eigenvalue weighted by molar-refractivity contribution is -0.118. The summed E-state index contributed by atoms with van der Waals surface area (Å²) in [4.78, 5) is 10.5. The highest BCUT2D eigenvalue weighted by atomic mass is 32.2. The van der Waals surface area contributed by atoms with E-state index in [1.165, 1.54) is 6.92 Å². The van der Waals surface area contributed by atoms with Crippen LogP contribution in [0.4, 0.5) is 0 Å². The summed E-state index contributed by atoms with van der Waals surface area (Å²) in [5, 5.41) is 0. The predicted octanol–water partition coefficient (Wildman–Crippen LogP) is -1.38. The minimum absolute atomic E-state index is 0.102. The van der Waals surface area contributed by atoms with Crippen molar-refractivity contribution in [2.45, 2.75) is 18.1 Å². The number of rotatable bonds is 4. The van der Waals surface area contributed by atoms with Crippen LogP contribution in [0.25, 0.3) is 0 Å². The van der Waals surface area contributed by atoms with Gasteiger partial charge in [0.05, 0.1) is 4.75 Å². The van der Waals surface area contributed by atoms with Crippen LogP contribution in [0.5, 0.6) is 0 Å². The van der Waals surface area contributed by atoms with Crippen LogP contribution in [0.1, 0.15) is 13.3 Å². The summed E-state index contributed by atoms with van der Waals surface area (Å²) < 4.78 is 21.0. The molecule has 0 unspecified atom stereocenters. The normalized spacial score (nSPS) is 16.9.